The number of carbonyl (C=O) groups is 1. The molecule has 1 fully saturated rings. The van der Waals surface area contributed by atoms with E-state index in [1.807, 2.05) is 72.8 Å². The smallest absolute Gasteiger partial charge is 0.258 e. The fourth-order valence-corrected chi connectivity index (χ4v) is 5.65. The summed E-state index contributed by atoms with van der Waals surface area (Å²) in [5.74, 6) is -0.826. The number of aliphatic hydroxyl groups is 1. The van der Waals surface area contributed by atoms with Gasteiger partial charge in [-0.05, 0) is 42.4 Å². The lowest BCUT2D eigenvalue weighted by molar-refractivity contribution is -0.127. The standard InChI is InChI=1S/C28H30N4O3/c1-2-31-24-17-32-23(14-13-20(28(32)35)12-11-19-8-4-3-5-9-19)26(31)25(22(24)18-33)27(34)30-16-21-10-6-7-15-29-21/h3-15,22,24-26,33H,2,16-18H2,1H3,(H,30,34)/b12-11+/t22-,24-,25+,26+/m0/s1. The SMILES string of the molecule is CCN1[C@@H]2c3ccc(/C=C/c4ccccc4)c(=O)n3C[C@H]1[C@H](CO)[C@H]2C(=O)NCc1ccccn1. The number of fused-ring (bicyclic) bond motifs is 4. The van der Waals surface area contributed by atoms with Crippen LogP contribution >= 0.6 is 0 Å². The maximum atomic E-state index is 13.5. The third-order valence-electron chi connectivity index (χ3n) is 7.29. The topological polar surface area (TPSA) is 87.5 Å². The molecule has 2 aliphatic heterocycles. The first-order valence-electron chi connectivity index (χ1n) is 12.1. The number of hydrogen-bond donors (Lipinski definition) is 2. The summed E-state index contributed by atoms with van der Waals surface area (Å²) in [4.78, 5) is 33.4. The zero-order valence-electron chi connectivity index (χ0n) is 19.7. The van der Waals surface area contributed by atoms with Crippen molar-refractivity contribution in [3.63, 3.8) is 0 Å². The highest BCUT2D eigenvalue weighted by molar-refractivity contribution is 5.80. The summed E-state index contributed by atoms with van der Waals surface area (Å²) >= 11 is 0. The Bertz CT molecular complexity index is 1270. The summed E-state index contributed by atoms with van der Waals surface area (Å²) < 4.78 is 1.81. The summed E-state index contributed by atoms with van der Waals surface area (Å²) in [5.41, 5.74) is 3.18. The first kappa shape index (κ1) is 23.2. The van der Waals surface area contributed by atoms with E-state index in [0.717, 1.165) is 23.5 Å². The number of carbonyl (C=O) groups excluding carboxylic acids is 1. The van der Waals surface area contributed by atoms with Crippen LogP contribution < -0.4 is 10.9 Å². The van der Waals surface area contributed by atoms with Gasteiger partial charge in [0, 0.05) is 42.6 Å². The van der Waals surface area contributed by atoms with E-state index < -0.39 is 5.92 Å². The van der Waals surface area contributed by atoms with Crippen LogP contribution in [-0.4, -0.2) is 44.7 Å². The fraction of sp³-hybridized carbons (Fsp3) is 0.321. The number of hydrogen-bond acceptors (Lipinski definition) is 5. The lowest BCUT2D eigenvalue weighted by Crippen LogP contribution is -2.46. The van der Waals surface area contributed by atoms with Crippen LogP contribution in [0.3, 0.4) is 0 Å². The largest absolute Gasteiger partial charge is 0.396 e. The molecule has 5 rings (SSSR count). The van der Waals surface area contributed by atoms with Crippen LogP contribution in [0.25, 0.3) is 12.2 Å². The van der Waals surface area contributed by atoms with Gasteiger partial charge in [-0.3, -0.25) is 19.5 Å². The molecule has 0 aliphatic carbocycles. The quantitative estimate of drug-likeness (QED) is 0.555. The molecule has 2 N–H and O–H groups in total. The molecule has 7 nitrogen and oxygen atoms in total. The third kappa shape index (κ3) is 4.33. The first-order chi connectivity index (χ1) is 17.1. The van der Waals surface area contributed by atoms with Crippen LogP contribution in [0, 0.1) is 11.8 Å². The van der Waals surface area contributed by atoms with Crippen LogP contribution in [-0.2, 0) is 17.9 Å². The number of amides is 1. The Kier molecular flexibility index (Phi) is 6.61. The van der Waals surface area contributed by atoms with Gasteiger partial charge in [0.1, 0.15) is 0 Å². The maximum Gasteiger partial charge on any atom is 0.258 e. The van der Waals surface area contributed by atoms with Crippen LogP contribution in [0.2, 0.25) is 0 Å². The average Bonchev–Trinajstić information content (AvgIpc) is 3.13. The molecule has 3 aromatic rings. The summed E-state index contributed by atoms with van der Waals surface area (Å²) in [6.45, 7) is 3.48. The number of likely N-dealkylation sites (N-methyl/N-ethyl adjacent to an activating group) is 1. The van der Waals surface area contributed by atoms with Gasteiger partial charge in [0.05, 0.1) is 24.2 Å². The van der Waals surface area contributed by atoms with E-state index in [0.29, 0.717) is 18.7 Å². The van der Waals surface area contributed by atoms with Gasteiger partial charge in [0.15, 0.2) is 0 Å². The van der Waals surface area contributed by atoms with Crippen molar-refractivity contribution in [3.8, 4) is 0 Å². The van der Waals surface area contributed by atoms with E-state index in [1.54, 1.807) is 10.8 Å². The highest BCUT2D eigenvalue weighted by atomic mass is 16.3. The first-order valence-corrected chi connectivity index (χ1v) is 12.1. The minimum atomic E-state index is -0.451. The Labute approximate surface area is 204 Å². The molecule has 2 aliphatic rings. The number of rotatable bonds is 7. The second-order valence-electron chi connectivity index (χ2n) is 9.13. The van der Waals surface area contributed by atoms with E-state index in [1.165, 1.54) is 0 Å². The van der Waals surface area contributed by atoms with Crippen LogP contribution in [0.5, 0.6) is 0 Å². The predicted octanol–water partition coefficient (Wildman–Crippen LogP) is 2.71. The molecule has 35 heavy (non-hydrogen) atoms. The summed E-state index contributed by atoms with van der Waals surface area (Å²) in [7, 11) is 0. The van der Waals surface area contributed by atoms with Gasteiger partial charge in [-0.2, -0.15) is 0 Å². The van der Waals surface area contributed by atoms with Crippen LogP contribution in [0.4, 0.5) is 0 Å². The van der Waals surface area contributed by atoms with Crippen molar-refractivity contribution in [2.45, 2.75) is 32.1 Å². The molecule has 0 saturated carbocycles. The zero-order valence-corrected chi connectivity index (χ0v) is 19.7. The maximum absolute atomic E-state index is 13.5. The molecule has 4 atom stereocenters. The van der Waals surface area contributed by atoms with Crippen molar-refractivity contribution in [1.29, 1.82) is 0 Å². The average molecular weight is 471 g/mol. The van der Waals surface area contributed by atoms with Crippen molar-refractivity contribution in [3.05, 3.63) is 99.7 Å². The summed E-state index contributed by atoms with van der Waals surface area (Å²) in [5, 5.41) is 13.3. The molecule has 0 unspecified atom stereocenters. The minimum Gasteiger partial charge on any atom is -0.396 e. The van der Waals surface area contributed by atoms with Gasteiger partial charge in [0.2, 0.25) is 5.91 Å². The number of benzene rings is 1. The van der Waals surface area contributed by atoms with Crippen molar-refractivity contribution in [2.24, 2.45) is 11.8 Å². The molecule has 0 radical (unpaired) electrons. The fourth-order valence-electron chi connectivity index (χ4n) is 5.65. The van der Waals surface area contributed by atoms with E-state index in [2.05, 4.69) is 22.1 Å². The second-order valence-corrected chi connectivity index (χ2v) is 9.13. The van der Waals surface area contributed by atoms with Crippen molar-refractivity contribution in [2.75, 3.05) is 13.2 Å². The van der Waals surface area contributed by atoms with Gasteiger partial charge in [-0.1, -0.05) is 49.4 Å². The van der Waals surface area contributed by atoms with E-state index >= 15 is 0 Å². The molecule has 1 saturated heterocycles. The van der Waals surface area contributed by atoms with Gasteiger partial charge in [-0.15, -0.1) is 0 Å². The molecule has 180 valence electrons. The summed E-state index contributed by atoms with van der Waals surface area (Å²) in [6, 6.07) is 18.9. The van der Waals surface area contributed by atoms with Gasteiger partial charge >= 0.3 is 0 Å². The number of aromatic nitrogens is 2. The molecule has 4 heterocycles. The second kappa shape index (κ2) is 9.98. The number of nitrogens with one attached hydrogen (secondary N) is 1. The molecule has 2 bridgehead atoms. The van der Waals surface area contributed by atoms with Gasteiger partial charge in [-0.25, -0.2) is 0 Å². The summed E-state index contributed by atoms with van der Waals surface area (Å²) in [6.07, 6.45) is 5.48. The van der Waals surface area contributed by atoms with Crippen LogP contribution in [0.15, 0.2) is 71.7 Å². The number of nitrogens with zero attached hydrogens (tertiary/aromatic N) is 3. The van der Waals surface area contributed by atoms with Crippen molar-refractivity contribution < 1.29 is 9.90 Å². The third-order valence-corrected chi connectivity index (χ3v) is 7.29. The molecule has 2 aromatic heterocycles. The molecular weight excluding hydrogens is 440 g/mol. The van der Waals surface area contributed by atoms with E-state index in [9.17, 15) is 14.7 Å². The highest BCUT2D eigenvalue weighted by Crippen LogP contribution is 2.48. The lowest BCUT2D eigenvalue weighted by atomic mass is 9.86. The Morgan fingerprint density at radius 1 is 1.11 bits per heavy atom. The predicted molar refractivity (Wildman–Crippen MR) is 135 cm³/mol. The normalized spacial score (nSPS) is 23.4. The van der Waals surface area contributed by atoms with Crippen molar-refractivity contribution in [1.82, 2.24) is 19.8 Å². The highest BCUT2D eigenvalue weighted by Gasteiger charge is 2.55. The lowest BCUT2D eigenvalue weighted by Gasteiger charge is -2.37. The van der Waals surface area contributed by atoms with Gasteiger partial charge < -0.3 is 15.0 Å². The van der Waals surface area contributed by atoms with Crippen molar-refractivity contribution >= 4 is 18.1 Å². The molecule has 1 aromatic carbocycles. The molecule has 7 heteroatoms. The van der Waals surface area contributed by atoms with E-state index in [-0.39, 0.29) is 36.1 Å². The number of pyridine rings is 2. The monoisotopic (exact) mass is 470 g/mol. The molecule has 1 amide bonds. The van der Waals surface area contributed by atoms with Crippen LogP contribution in [0.1, 0.15) is 35.5 Å². The Hall–Kier alpha value is -3.55. The van der Waals surface area contributed by atoms with E-state index in [4.69, 9.17) is 0 Å². The Morgan fingerprint density at radius 3 is 2.63 bits per heavy atom. The Morgan fingerprint density at radius 2 is 1.91 bits per heavy atom. The zero-order chi connectivity index (χ0) is 24.4. The molecule has 0 spiro atoms. The van der Waals surface area contributed by atoms with Gasteiger partial charge in [0.25, 0.3) is 5.56 Å². The number of aliphatic hydroxyl groups excluding tert-OH is 1. The Balaban J connectivity index is 1.46. The molecular formula is C28H30N4O3. The minimum absolute atomic E-state index is 0.0633.